The highest BCUT2D eigenvalue weighted by Crippen LogP contribution is 2.21. The molecule has 0 saturated carbocycles. The molecule has 0 radical (unpaired) electrons. The van der Waals surface area contributed by atoms with E-state index in [0.29, 0.717) is 11.4 Å². The number of hydrogen-bond donors (Lipinski definition) is 3. The highest BCUT2D eigenvalue weighted by Gasteiger charge is 2.09. The van der Waals surface area contributed by atoms with Crippen molar-refractivity contribution in [2.45, 2.75) is 19.4 Å². The van der Waals surface area contributed by atoms with E-state index in [2.05, 4.69) is 17.4 Å². The third kappa shape index (κ3) is 3.51. The van der Waals surface area contributed by atoms with E-state index in [1.807, 2.05) is 25.1 Å². The molecule has 0 bridgehead atoms. The predicted molar refractivity (Wildman–Crippen MR) is 81.0 cm³/mol. The molecule has 0 aliphatic heterocycles. The fourth-order valence-electron chi connectivity index (χ4n) is 2.10. The minimum absolute atomic E-state index is 0.156. The first-order chi connectivity index (χ1) is 9.56. The number of rotatable bonds is 5. The van der Waals surface area contributed by atoms with E-state index in [1.165, 1.54) is 11.6 Å². The quantitative estimate of drug-likeness (QED) is 0.730. The molecule has 4 nitrogen and oxygen atoms in total. The topological polar surface area (TPSA) is 75.3 Å². The molecule has 4 heteroatoms. The lowest BCUT2D eigenvalue weighted by molar-refractivity contribution is 0.0697. The number of nitrogen functional groups attached to an aromatic ring is 1. The second kappa shape index (κ2) is 6.10. The van der Waals surface area contributed by atoms with Crippen LogP contribution in [0.15, 0.2) is 48.5 Å². The van der Waals surface area contributed by atoms with Crippen LogP contribution in [-0.4, -0.2) is 17.1 Å². The van der Waals surface area contributed by atoms with E-state index in [0.717, 1.165) is 6.42 Å². The summed E-state index contributed by atoms with van der Waals surface area (Å²) in [7, 11) is 0. The highest BCUT2D eigenvalue weighted by molar-refractivity contribution is 5.90. The molecule has 0 saturated heterocycles. The Bertz CT molecular complexity index is 597. The summed E-state index contributed by atoms with van der Waals surface area (Å²) in [6.45, 7) is 2.04. The first-order valence-electron chi connectivity index (χ1n) is 6.49. The normalized spacial score (nSPS) is 11.8. The molecule has 4 N–H and O–H groups in total. The Morgan fingerprint density at radius 3 is 2.60 bits per heavy atom. The third-order valence-corrected chi connectivity index (χ3v) is 3.09. The Morgan fingerprint density at radius 1 is 1.25 bits per heavy atom. The number of aromatic carboxylic acids is 1. The van der Waals surface area contributed by atoms with Crippen LogP contribution in [0, 0.1) is 0 Å². The van der Waals surface area contributed by atoms with Gasteiger partial charge in [0.2, 0.25) is 0 Å². The van der Waals surface area contributed by atoms with Crippen molar-refractivity contribution >= 4 is 17.3 Å². The van der Waals surface area contributed by atoms with Crippen LogP contribution in [0.2, 0.25) is 0 Å². The lowest BCUT2D eigenvalue weighted by atomic mass is 10.1. The maximum atomic E-state index is 11.0. The number of anilines is 2. The highest BCUT2D eigenvalue weighted by atomic mass is 16.4. The van der Waals surface area contributed by atoms with Crippen LogP contribution < -0.4 is 11.1 Å². The average Bonchev–Trinajstić information content (AvgIpc) is 2.42. The smallest absolute Gasteiger partial charge is 0.335 e. The van der Waals surface area contributed by atoms with Crippen LogP contribution in [0.1, 0.15) is 22.8 Å². The van der Waals surface area contributed by atoms with Gasteiger partial charge in [-0.15, -0.1) is 0 Å². The standard InChI is InChI=1S/C16H18N2O2/c1-11(9-12-5-3-2-4-6-12)18-15-10-13(16(19)20)7-8-14(15)17/h2-8,10-11,18H,9,17H2,1H3,(H,19,20). The zero-order chi connectivity index (χ0) is 14.5. The van der Waals surface area contributed by atoms with E-state index in [9.17, 15) is 4.79 Å². The van der Waals surface area contributed by atoms with Gasteiger partial charge in [0.25, 0.3) is 0 Å². The molecule has 0 spiro atoms. The van der Waals surface area contributed by atoms with Gasteiger partial charge in [0.05, 0.1) is 16.9 Å². The minimum atomic E-state index is -0.955. The Morgan fingerprint density at radius 2 is 1.95 bits per heavy atom. The Kier molecular flexibility index (Phi) is 4.25. The molecule has 1 atom stereocenters. The number of benzene rings is 2. The van der Waals surface area contributed by atoms with E-state index < -0.39 is 5.97 Å². The summed E-state index contributed by atoms with van der Waals surface area (Å²) in [4.78, 5) is 11.0. The van der Waals surface area contributed by atoms with E-state index in [-0.39, 0.29) is 11.6 Å². The van der Waals surface area contributed by atoms with Gasteiger partial charge >= 0.3 is 5.97 Å². The molecule has 0 aromatic heterocycles. The monoisotopic (exact) mass is 270 g/mol. The summed E-state index contributed by atoms with van der Waals surface area (Å²) in [5.74, 6) is -0.955. The molecule has 2 aromatic carbocycles. The lowest BCUT2D eigenvalue weighted by Crippen LogP contribution is -2.19. The molecule has 2 rings (SSSR count). The van der Waals surface area contributed by atoms with Crippen LogP contribution in [-0.2, 0) is 6.42 Å². The summed E-state index contributed by atoms with van der Waals surface area (Å²) in [5.41, 5.74) is 8.54. The maximum Gasteiger partial charge on any atom is 0.335 e. The zero-order valence-electron chi connectivity index (χ0n) is 11.3. The van der Waals surface area contributed by atoms with E-state index >= 15 is 0 Å². The first kappa shape index (κ1) is 13.9. The van der Waals surface area contributed by atoms with Gasteiger partial charge in [-0.2, -0.15) is 0 Å². The number of carboxylic acids is 1. The van der Waals surface area contributed by atoms with E-state index in [1.54, 1.807) is 12.1 Å². The summed E-state index contributed by atoms with van der Waals surface area (Å²) >= 11 is 0. The third-order valence-electron chi connectivity index (χ3n) is 3.09. The van der Waals surface area contributed by atoms with E-state index in [4.69, 9.17) is 10.8 Å². The van der Waals surface area contributed by atoms with Crippen molar-refractivity contribution in [2.24, 2.45) is 0 Å². The largest absolute Gasteiger partial charge is 0.478 e. The maximum absolute atomic E-state index is 11.0. The SMILES string of the molecule is CC(Cc1ccccc1)Nc1cc(C(=O)O)ccc1N. The molecule has 0 amide bonds. The van der Waals surface area contributed by atoms with Crippen molar-refractivity contribution in [3.8, 4) is 0 Å². The fourth-order valence-corrected chi connectivity index (χ4v) is 2.10. The molecule has 0 fully saturated rings. The van der Waals surface area contributed by atoms with Gasteiger partial charge in [0.1, 0.15) is 0 Å². The molecule has 0 heterocycles. The van der Waals surface area contributed by atoms with Crippen molar-refractivity contribution in [2.75, 3.05) is 11.1 Å². The van der Waals surface area contributed by atoms with Crippen LogP contribution >= 0.6 is 0 Å². The van der Waals surface area contributed by atoms with Gasteiger partial charge in [-0.3, -0.25) is 0 Å². The van der Waals surface area contributed by atoms with Crippen molar-refractivity contribution < 1.29 is 9.90 Å². The van der Waals surface area contributed by atoms with Crippen LogP contribution in [0.25, 0.3) is 0 Å². The zero-order valence-corrected chi connectivity index (χ0v) is 11.3. The van der Waals surface area contributed by atoms with Crippen LogP contribution in [0.4, 0.5) is 11.4 Å². The van der Waals surface area contributed by atoms with Gasteiger partial charge in [-0.25, -0.2) is 4.79 Å². The number of nitrogens with two attached hydrogens (primary N) is 1. The van der Waals surface area contributed by atoms with Crippen molar-refractivity contribution in [3.05, 3.63) is 59.7 Å². The molecule has 1 unspecified atom stereocenters. The van der Waals surface area contributed by atoms with Gasteiger partial charge in [-0.05, 0) is 37.1 Å². The molecule has 20 heavy (non-hydrogen) atoms. The Hall–Kier alpha value is -2.49. The second-order valence-corrected chi connectivity index (χ2v) is 4.84. The minimum Gasteiger partial charge on any atom is -0.478 e. The van der Waals surface area contributed by atoms with Gasteiger partial charge in [0, 0.05) is 6.04 Å². The van der Waals surface area contributed by atoms with Crippen molar-refractivity contribution in [3.63, 3.8) is 0 Å². The number of carbonyl (C=O) groups is 1. The van der Waals surface area contributed by atoms with Gasteiger partial charge in [0.15, 0.2) is 0 Å². The Labute approximate surface area is 118 Å². The molecular formula is C16H18N2O2. The number of hydrogen-bond acceptors (Lipinski definition) is 3. The molecule has 2 aromatic rings. The molecule has 104 valence electrons. The summed E-state index contributed by atoms with van der Waals surface area (Å²) in [6, 6.07) is 15.0. The first-order valence-corrected chi connectivity index (χ1v) is 6.49. The number of nitrogens with one attached hydrogen (secondary N) is 1. The van der Waals surface area contributed by atoms with Gasteiger partial charge < -0.3 is 16.2 Å². The Balaban J connectivity index is 2.09. The molecular weight excluding hydrogens is 252 g/mol. The summed E-state index contributed by atoms with van der Waals surface area (Å²) < 4.78 is 0. The predicted octanol–water partition coefficient (Wildman–Crippen LogP) is 3.01. The van der Waals surface area contributed by atoms with Gasteiger partial charge in [-0.1, -0.05) is 30.3 Å². The summed E-state index contributed by atoms with van der Waals surface area (Å²) in [6.07, 6.45) is 0.845. The second-order valence-electron chi connectivity index (χ2n) is 4.84. The molecule has 0 aliphatic carbocycles. The summed E-state index contributed by atoms with van der Waals surface area (Å²) in [5, 5.41) is 12.3. The fraction of sp³-hybridized carbons (Fsp3) is 0.188. The number of carboxylic acid groups (broad SMARTS) is 1. The molecule has 0 aliphatic rings. The van der Waals surface area contributed by atoms with Crippen molar-refractivity contribution in [1.29, 1.82) is 0 Å². The average molecular weight is 270 g/mol. The van der Waals surface area contributed by atoms with Crippen LogP contribution in [0.5, 0.6) is 0 Å². The van der Waals surface area contributed by atoms with Crippen molar-refractivity contribution in [1.82, 2.24) is 0 Å². The van der Waals surface area contributed by atoms with Crippen LogP contribution in [0.3, 0.4) is 0 Å². The lowest BCUT2D eigenvalue weighted by Gasteiger charge is -2.17.